The first-order valence-corrected chi connectivity index (χ1v) is 8.00. The van der Waals surface area contributed by atoms with Gasteiger partial charge in [-0.3, -0.25) is 0 Å². The second kappa shape index (κ2) is 6.62. The summed E-state index contributed by atoms with van der Waals surface area (Å²) in [6, 6.07) is 8.79. The molecule has 2 heteroatoms. The van der Waals surface area contributed by atoms with Gasteiger partial charge < -0.3 is 10.1 Å². The predicted molar refractivity (Wildman–Crippen MR) is 85.4 cm³/mol. The van der Waals surface area contributed by atoms with E-state index >= 15 is 0 Å². The van der Waals surface area contributed by atoms with E-state index in [4.69, 9.17) is 4.74 Å². The zero-order chi connectivity index (χ0) is 14.6. The first-order valence-electron chi connectivity index (χ1n) is 8.00. The molecule has 1 saturated carbocycles. The Kier molecular flexibility index (Phi) is 5.09. The Morgan fingerprint density at radius 2 is 1.90 bits per heavy atom. The van der Waals surface area contributed by atoms with Crippen LogP contribution in [0.5, 0.6) is 5.75 Å². The maximum atomic E-state index is 5.77. The van der Waals surface area contributed by atoms with Crippen molar-refractivity contribution in [2.24, 2.45) is 11.8 Å². The topological polar surface area (TPSA) is 21.3 Å². The van der Waals surface area contributed by atoms with E-state index < -0.39 is 0 Å². The lowest BCUT2D eigenvalue weighted by molar-refractivity contribution is 0.153. The largest absolute Gasteiger partial charge is 0.493 e. The quantitative estimate of drug-likeness (QED) is 0.812. The Morgan fingerprint density at radius 1 is 1.25 bits per heavy atom. The number of hydrogen-bond acceptors (Lipinski definition) is 2. The third-order valence-corrected chi connectivity index (χ3v) is 4.24. The van der Waals surface area contributed by atoms with E-state index in [1.165, 1.54) is 18.4 Å². The lowest BCUT2D eigenvalue weighted by Crippen LogP contribution is -2.47. The molecule has 0 aromatic heterocycles. The van der Waals surface area contributed by atoms with Crippen LogP contribution in [-0.4, -0.2) is 19.7 Å². The zero-order valence-corrected chi connectivity index (χ0v) is 13.4. The molecule has 0 aliphatic heterocycles. The molecule has 1 aliphatic carbocycles. The molecule has 0 bridgehead atoms. The molecular formula is C18H29NO. The van der Waals surface area contributed by atoms with Gasteiger partial charge in [-0.05, 0) is 48.9 Å². The number of likely N-dealkylation sites (N-methyl/N-ethyl adjacent to an activating group) is 1. The zero-order valence-electron chi connectivity index (χ0n) is 13.4. The summed E-state index contributed by atoms with van der Waals surface area (Å²) in [5.74, 6) is 2.42. The molecular weight excluding hydrogens is 246 g/mol. The lowest BCUT2D eigenvalue weighted by Gasteiger charge is -2.47. The Hall–Kier alpha value is -1.02. The van der Waals surface area contributed by atoms with Gasteiger partial charge >= 0.3 is 0 Å². The minimum Gasteiger partial charge on any atom is -0.493 e. The summed E-state index contributed by atoms with van der Waals surface area (Å²) in [4.78, 5) is 0. The number of ether oxygens (including phenoxy) is 1. The van der Waals surface area contributed by atoms with Crippen molar-refractivity contribution in [3.63, 3.8) is 0 Å². The van der Waals surface area contributed by atoms with Gasteiger partial charge in [0.25, 0.3) is 0 Å². The summed E-state index contributed by atoms with van der Waals surface area (Å²) in [7, 11) is 0. The highest BCUT2D eigenvalue weighted by Crippen LogP contribution is 2.47. The number of hydrogen-bond donors (Lipinski definition) is 1. The normalized spacial score (nSPS) is 25.6. The van der Waals surface area contributed by atoms with Gasteiger partial charge in [0.15, 0.2) is 0 Å². The third kappa shape index (κ3) is 3.54. The maximum Gasteiger partial charge on any atom is 0.119 e. The molecule has 2 nitrogen and oxygen atoms in total. The molecule has 1 N–H and O–H groups in total. The number of rotatable bonds is 7. The fraction of sp³-hybridized carbons (Fsp3) is 0.667. The van der Waals surface area contributed by atoms with Crippen molar-refractivity contribution in [2.75, 3.05) is 19.7 Å². The summed E-state index contributed by atoms with van der Waals surface area (Å²) in [6.45, 7) is 11.8. The van der Waals surface area contributed by atoms with E-state index in [0.29, 0.717) is 11.3 Å². The van der Waals surface area contributed by atoms with Crippen LogP contribution in [0.1, 0.15) is 46.1 Å². The third-order valence-electron chi connectivity index (χ3n) is 4.24. The Balaban J connectivity index is 2.03. The van der Waals surface area contributed by atoms with E-state index in [0.717, 1.165) is 31.4 Å². The molecule has 0 saturated heterocycles. The van der Waals surface area contributed by atoms with Gasteiger partial charge in [-0.2, -0.15) is 0 Å². The summed E-state index contributed by atoms with van der Waals surface area (Å²) in [5, 5.41) is 3.53. The monoisotopic (exact) mass is 275 g/mol. The fourth-order valence-corrected chi connectivity index (χ4v) is 3.29. The summed E-state index contributed by atoms with van der Waals surface area (Å²) >= 11 is 0. The molecule has 0 unspecified atom stereocenters. The van der Waals surface area contributed by atoms with Gasteiger partial charge in [-0.25, -0.2) is 0 Å². The SMILES string of the molecule is CCNCC1(c2ccc(OCC(C)C)cc2)CC(C)C1. The van der Waals surface area contributed by atoms with E-state index in [1.54, 1.807) is 0 Å². The number of benzene rings is 1. The molecule has 112 valence electrons. The minimum atomic E-state index is 0.353. The van der Waals surface area contributed by atoms with E-state index in [1.807, 2.05) is 0 Å². The van der Waals surface area contributed by atoms with Crippen LogP contribution in [-0.2, 0) is 5.41 Å². The predicted octanol–water partition coefficient (Wildman–Crippen LogP) is 4.00. The second-order valence-electron chi connectivity index (χ2n) is 6.80. The van der Waals surface area contributed by atoms with E-state index in [-0.39, 0.29) is 0 Å². The van der Waals surface area contributed by atoms with Crippen LogP contribution in [0.3, 0.4) is 0 Å². The van der Waals surface area contributed by atoms with Gasteiger partial charge in [0.05, 0.1) is 6.61 Å². The fourth-order valence-electron chi connectivity index (χ4n) is 3.29. The summed E-state index contributed by atoms with van der Waals surface area (Å²) in [5.41, 5.74) is 1.82. The molecule has 0 amide bonds. The molecule has 1 aromatic rings. The summed E-state index contributed by atoms with van der Waals surface area (Å²) in [6.07, 6.45) is 2.60. The van der Waals surface area contributed by atoms with Crippen LogP contribution < -0.4 is 10.1 Å². The second-order valence-corrected chi connectivity index (χ2v) is 6.80. The average molecular weight is 275 g/mol. The minimum absolute atomic E-state index is 0.353. The molecule has 0 heterocycles. The maximum absolute atomic E-state index is 5.77. The first kappa shape index (κ1) is 15.4. The van der Waals surface area contributed by atoms with Gasteiger partial charge in [-0.1, -0.05) is 39.8 Å². The molecule has 2 rings (SSSR count). The van der Waals surface area contributed by atoms with Crippen molar-refractivity contribution >= 4 is 0 Å². The van der Waals surface area contributed by atoms with Crippen molar-refractivity contribution in [1.82, 2.24) is 5.32 Å². The van der Waals surface area contributed by atoms with E-state index in [2.05, 4.69) is 57.3 Å². The molecule has 0 radical (unpaired) electrons. The molecule has 0 spiro atoms. The first-order chi connectivity index (χ1) is 9.55. The smallest absolute Gasteiger partial charge is 0.119 e. The summed E-state index contributed by atoms with van der Waals surface area (Å²) < 4.78 is 5.77. The average Bonchev–Trinajstić information content (AvgIpc) is 2.40. The van der Waals surface area contributed by atoms with Crippen LogP contribution in [0, 0.1) is 11.8 Å². The van der Waals surface area contributed by atoms with Crippen molar-refractivity contribution in [2.45, 2.75) is 46.0 Å². The van der Waals surface area contributed by atoms with Gasteiger partial charge in [-0.15, -0.1) is 0 Å². The van der Waals surface area contributed by atoms with Crippen molar-refractivity contribution in [1.29, 1.82) is 0 Å². The van der Waals surface area contributed by atoms with Crippen molar-refractivity contribution < 1.29 is 4.74 Å². The standard InChI is InChI=1S/C18H29NO/c1-5-19-13-18(10-15(4)11-18)16-6-8-17(9-7-16)20-12-14(2)3/h6-9,14-15,19H,5,10-13H2,1-4H3. The van der Waals surface area contributed by atoms with Crippen molar-refractivity contribution in [3.05, 3.63) is 29.8 Å². The van der Waals surface area contributed by atoms with Crippen LogP contribution in [0.4, 0.5) is 0 Å². The highest BCUT2D eigenvalue weighted by molar-refractivity contribution is 5.35. The molecule has 1 aliphatic rings. The highest BCUT2D eigenvalue weighted by atomic mass is 16.5. The Morgan fingerprint density at radius 3 is 2.40 bits per heavy atom. The molecule has 1 fully saturated rings. The molecule has 20 heavy (non-hydrogen) atoms. The Bertz CT molecular complexity index is 404. The molecule has 1 aromatic carbocycles. The van der Waals surface area contributed by atoms with E-state index in [9.17, 15) is 0 Å². The lowest BCUT2D eigenvalue weighted by atomic mass is 9.59. The molecule has 0 atom stereocenters. The van der Waals surface area contributed by atoms with Crippen LogP contribution >= 0.6 is 0 Å². The van der Waals surface area contributed by atoms with Crippen LogP contribution in [0.15, 0.2) is 24.3 Å². The Labute approximate surface area is 123 Å². The van der Waals surface area contributed by atoms with Crippen molar-refractivity contribution in [3.8, 4) is 5.75 Å². The van der Waals surface area contributed by atoms with Gasteiger partial charge in [0.1, 0.15) is 5.75 Å². The van der Waals surface area contributed by atoms with Crippen LogP contribution in [0.25, 0.3) is 0 Å². The van der Waals surface area contributed by atoms with Gasteiger partial charge in [0.2, 0.25) is 0 Å². The van der Waals surface area contributed by atoms with Gasteiger partial charge in [0, 0.05) is 12.0 Å². The highest BCUT2D eigenvalue weighted by Gasteiger charge is 2.42. The van der Waals surface area contributed by atoms with Crippen LogP contribution in [0.2, 0.25) is 0 Å². The number of nitrogens with one attached hydrogen (secondary N) is 1.